The fraction of sp³-hybridized carbons (Fsp3) is 0.545. The zero-order valence-corrected chi connectivity index (χ0v) is 16.5. The third-order valence-corrected chi connectivity index (χ3v) is 6.53. The molecule has 3 unspecified atom stereocenters. The van der Waals surface area contributed by atoms with Gasteiger partial charge in [-0.25, -0.2) is 0 Å². The second kappa shape index (κ2) is 7.56. The maximum Gasteiger partial charge on any atom is 0.128 e. The van der Waals surface area contributed by atoms with E-state index >= 15 is 0 Å². The highest BCUT2D eigenvalue weighted by Crippen LogP contribution is 2.46. The molecule has 2 aliphatic rings. The monoisotopic (exact) mass is 370 g/mol. The van der Waals surface area contributed by atoms with E-state index in [4.69, 9.17) is 9.47 Å². The number of ether oxygens (including phenoxy) is 2. The van der Waals surface area contributed by atoms with Gasteiger partial charge >= 0.3 is 0 Å². The zero-order valence-electron chi connectivity index (χ0n) is 16.5. The number of hydrogen-bond donors (Lipinski definition) is 2. The van der Waals surface area contributed by atoms with Crippen LogP contribution in [0.15, 0.2) is 30.0 Å². The van der Waals surface area contributed by atoms with Crippen LogP contribution in [-0.4, -0.2) is 48.9 Å². The van der Waals surface area contributed by atoms with Crippen LogP contribution in [0.4, 0.5) is 0 Å². The molecule has 5 heteroatoms. The molecule has 2 N–H and O–H groups in total. The topological polar surface area (TPSA) is 57.7 Å². The number of nitrogens with zero attached hydrogens (tertiary/aromatic N) is 1. The molecule has 1 aromatic heterocycles. The van der Waals surface area contributed by atoms with Crippen LogP contribution in [0.3, 0.4) is 0 Å². The van der Waals surface area contributed by atoms with Crippen LogP contribution in [0.25, 0.3) is 10.9 Å². The first-order valence-electron chi connectivity index (χ1n) is 9.95. The van der Waals surface area contributed by atoms with Gasteiger partial charge in [0.1, 0.15) is 5.75 Å². The van der Waals surface area contributed by atoms with Gasteiger partial charge in [-0.1, -0.05) is 19.4 Å². The van der Waals surface area contributed by atoms with Crippen LogP contribution in [0, 0.1) is 11.8 Å². The lowest BCUT2D eigenvalue weighted by Crippen LogP contribution is -2.46. The van der Waals surface area contributed by atoms with Crippen molar-refractivity contribution >= 4 is 10.9 Å². The Kier molecular flexibility index (Phi) is 5.15. The highest BCUT2D eigenvalue weighted by Gasteiger charge is 2.41. The molecule has 0 amide bonds. The van der Waals surface area contributed by atoms with Crippen molar-refractivity contribution in [1.29, 1.82) is 0 Å². The molecule has 1 saturated heterocycles. The molecule has 3 atom stereocenters. The number of aliphatic hydroxyl groups excluding tert-OH is 1. The fourth-order valence-corrected chi connectivity index (χ4v) is 5.22. The molecule has 27 heavy (non-hydrogen) atoms. The number of H-pyrrole nitrogens is 1. The number of methoxy groups -OCH3 is 2. The van der Waals surface area contributed by atoms with Crippen LogP contribution < -0.4 is 4.74 Å². The number of rotatable bonds is 5. The van der Waals surface area contributed by atoms with Gasteiger partial charge in [0.25, 0.3) is 0 Å². The van der Waals surface area contributed by atoms with Gasteiger partial charge in [0.15, 0.2) is 0 Å². The smallest absolute Gasteiger partial charge is 0.128 e. The largest absolute Gasteiger partial charge is 0.504 e. The van der Waals surface area contributed by atoms with Crippen molar-refractivity contribution in [2.24, 2.45) is 11.8 Å². The number of aromatic amines is 1. The lowest BCUT2D eigenvalue weighted by molar-refractivity contribution is 0.0582. The van der Waals surface area contributed by atoms with Gasteiger partial charge in [-0.2, -0.15) is 0 Å². The molecule has 3 heterocycles. The number of fused-ring (bicyclic) bond motifs is 5. The summed E-state index contributed by atoms with van der Waals surface area (Å²) >= 11 is 0. The molecule has 0 aliphatic carbocycles. The summed E-state index contributed by atoms with van der Waals surface area (Å²) < 4.78 is 10.9. The molecular formula is C22H30N2O3. The molecule has 0 radical (unpaired) electrons. The van der Waals surface area contributed by atoms with Gasteiger partial charge in [0.05, 0.1) is 33.1 Å². The maximum absolute atomic E-state index is 9.91. The lowest BCUT2D eigenvalue weighted by atomic mass is 9.74. The second-order valence-electron chi connectivity index (χ2n) is 7.76. The average Bonchev–Trinajstić information content (AvgIpc) is 3.10. The Bertz CT molecular complexity index is 841. The van der Waals surface area contributed by atoms with Crippen LogP contribution in [-0.2, 0) is 11.2 Å². The highest BCUT2D eigenvalue weighted by molar-refractivity contribution is 5.91. The lowest BCUT2D eigenvalue weighted by Gasteiger charge is -2.46. The molecule has 2 aliphatic heterocycles. The summed E-state index contributed by atoms with van der Waals surface area (Å²) in [7, 11) is 3.41. The molecule has 1 fully saturated rings. The van der Waals surface area contributed by atoms with Crippen LogP contribution in [0.5, 0.6) is 5.75 Å². The van der Waals surface area contributed by atoms with E-state index in [0.29, 0.717) is 17.9 Å². The van der Waals surface area contributed by atoms with E-state index in [0.717, 1.165) is 49.2 Å². The quantitative estimate of drug-likeness (QED) is 0.789. The predicted octanol–water partition coefficient (Wildman–Crippen LogP) is 3.64. The number of aliphatic hydroxyl groups is 1. The zero-order chi connectivity index (χ0) is 19.0. The number of hydrogen-bond acceptors (Lipinski definition) is 4. The molecule has 0 spiro atoms. The SMILES string of the molecule is CCC1CN2CCc3c([nH]c4cccc(OC)c34)C2CC1/C(=C\OC)CO. The van der Waals surface area contributed by atoms with Crippen molar-refractivity contribution in [3.8, 4) is 5.75 Å². The summed E-state index contributed by atoms with van der Waals surface area (Å²) in [5.41, 5.74) is 4.91. The molecule has 0 saturated carbocycles. The van der Waals surface area contributed by atoms with Crippen molar-refractivity contribution < 1.29 is 14.6 Å². The minimum absolute atomic E-state index is 0.0646. The molecule has 4 rings (SSSR count). The summed E-state index contributed by atoms with van der Waals surface area (Å²) in [4.78, 5) is 6.32. The first-order chi connectivity index (χ1) is 13.2. The Morgan fingerprint density at radius 2 is 2.22 bits per heavy atom. The summed E-state index contributed by atoms with van der Waals surface area (Å²) in [5, 5.41) is 11.1. The Morgan fingerprint density at radius 3 is 2.93 bits per heavy atom. The van der Waals surface area contributed by atoms with E-state index in [-0.39, 0.29) is 6.61 Å². The normalized spacial score (nSPS) is 25.9. The van der Waals surface area contributed by atoms with E-state index < -0.39 is 0 Å². The van der Waals surface area contributed by atoms with Crippen molar-refractivity contribution in [3.63, 3.8) is 0 Å². The van der Waals surface area contributed by atoms with E-state index in [1.54, 1.807) is 20.5 Å². The number of aromatic nitrogens is 1. The number of nitrogens with one attached hydrogen (secondary N) is 1. The number of benzene rings is 1. The standard InChI is InChI=1S/C22H30N2O3/c1-4-14-11-24-9-8-16-21-18(6-5-7-20(21)27-3)23-22(16)19(24)10-17(14)15(12-25)13-26-2/h5-7,13-14,17,19,23,25H,4,8-12H2,1-3H3/b15-13-. The van der Waals surface area contributed by atoms with E-state index in [1.807, 2.05) is 12.1 Å². The van der Waals surface area contributed by atoms with Gasteiger partial charge in [0, 0.05) is 29.7 Å². The van der Waals surface area contributed by atoms with Crippen LogP contribution >= 0.6 is 0 Å². The van der Waals surface area contributed by atoms with Crippen molar-refractivity contribution in [3.05, 3.63) is 41.3 Å². The van der Waals surface area contributed by atoms with E-state index in [2.05, 4.69) is 22.9 Å². The summed E-state index contributed by atoms with van der Waals surface area (Å²) in [6, 6.07) is 6.58. The third-order valence-electron chi connectivity index (χ3n) is 6.53. The first-order valence-corrected chi connectivity index (χ1v) is 9.95. The average molecular weight is 370 g/mol. The minimum Gasteiger partial charge on any atom is -0.504 e. The van der Waals surface area contributed by atoms with Crippen molar-refractivity contribution in [2.45, 2.75) is 32.2 Å². The van der Waals surface area contributed by atoms with Crippen LogP contribution in [0.2, 0.25) is 0 Å². The maximum atomic E-state index is 9.91. The Labute approximate surface area is 161 Å². The Morgan fingerprint density at radius 1 is 1.37 bits per heavy atom. The third kappa shape index (κ3) is 3.03. The molecule has 146 valence electrons. The van der Waals surface area contributed by atoms with E-state index in [9.17, 15) is 5.11 Å². The van der Waals surface area contributed by atoms with Gasteiger partial charge in [0.2, 0.25) is 0 Å². The highest BCUT2D eigenvalue weighted by atomic mass is 16.5. The molecule has 2 aromatic rings. The van der Waals surface area contributed by atoms with Gasteiger partial charge in [-0.05, 0) is 47.9 Å². The fourth-order valence-electron chi connectivity index (χ4n) is 5.22. The summed E-state index contributed by atoms with van der Waals surface area (Å²) in [6.07, 6.45) is 4.92. The van der Waals surface area contributed by atoms with E-state index in [1.165, 1.54) is 16.6 Å². The molecule has 1 aromatic carbocycles. The van der Waals surface area contributed by atoms with Gasteiger partial charge in [-0.3, -0.25) is 4.90 Å². The van der Waals surface area contributed by atoms with Gasteiger partial charge in [-0.15, -0.1) is 0 Å². The Hall–Kier alpha value is -1.98. The minimum atomic E-state index is 0.0646. The Balaban J connectivity index is 1.75. The molecule has 0 bridgehead atoms. The first kappa shape index (κ1) is 18.4. The summed E-state index contributed by atoms with van der Waals surface area (Å²) in [5.74, 6) is 1.85. The molecule has 5 nitrogen and oxygen atoms in total. The second-order valence-corrected chi connectivity index (χ2v) is 7.76. The summed E-state index contributed by atoms with van der Waals surface area (Å²) in [6.45, 7) is 4.46. The predicted molar refractivity (Wildman–Crippen MR) is 107 cm³/mol. The van der Waals surface area contributed by atoms with Crippen molar-refractivity contribution in [2.75, 3.05) is 33.9 Å². The van der Waals surface area contributed by atoms with Crippen molar-refractivity contribution in [1.82, 2.24) is 9.88 Å². The number of piperidine rings is 1. The van der Waals surface area contributed by atoms with Gasteiger partial charge < -0.3 is 19.6 Å². The molecular weight excluding hydrogens is 340 g/mol. The van der Waals surface area contributed by atoms with Crippen LogP contribution in [0.1, 0.15) is 37.1 Å².